The van der Waals surface area contributed by atoms with Crippen molar-refractivity contribution in [2.45, 2.75) is 13.0 Å². The molecule has 0 saturated heterocycles. The van der Waals surface area contributed by atoms with Gasteiger partial charge in [0.1, 0.15) is 19.0 Å². The number of benzene rings is 1. The van der Waals surface area contributed by atoms with Gasteiger partial charge in [-0.1, -0.05) is 24.3 Å². The Morgan fingerprint density at radius 1 is 1.32 bits per heavy atom. The summed E-state index contributed by atoms with van der Waals surface area (Å²) in [5, 5.41) is 0. The number of ether oxygens (including phenoxy) is 3. The smallest absolute Gasteiger partial charge is 0.330 e. The van der Waals surface area contributed by atoms with E-state index in [2.05, 4.69) is 6.58 Å². The summed E-state index contributed by atoms with van der Waals surface area (Å²) in [6.07, 6.45) is 0.390. The second kappa shape index (κ2) is 7.92. The average molecular weight is 264 g/mol. The predicted octanol–water partition coefficient (Wildman–Crippen LogP) is 1.64. The average Bonchev–Trinajstić information content (AvgIpc) is 2.43. The molecule has 0 spiro atoms. The van der Waals surface area contributed by atoms with E-state index >= 15 is 0 Å². The van der Waals surface area contributed by atoms with Crippen LogP contribution >= 0.6 is 0 Å². The summed E-state index contributed by atoms with van der Waals surface area (Å²) < 4.78 is 15.0. The van der Waals surface area contributed by atoms with Crippen molar-refractivity contribution in [2.75, 3.05) is 13.2 Å². The molecule has 19 heavy (non-hydrogen) atoms. The van der Waals surface area contributed by atoms with Crippen molar-refractivity contribution in [1.82, 2.24) is 0 Å². The van der Waals surface area contributed by atoms with Crippen LogP contribution in [0.2, 0.25) is 0 Å². The van der Waals surface area contributed by atoms with Gasteiger partial charge < -0.3 is 14.2 Å². The number of rotatable bonds is 8. The van der Waals surface area contributed by atoms with Gasteiger partial charge in [-0.2, -0.15) is 0 Å². The zero-order valence-electron chi connectivity index (χ0n) is 10.7. The summed E-state index contributed by atoms with van der Waals surface area (Å²) in [4.78, 5) is 21.3. The van der Waals surface area contributed by atoms with Gasteiger partial charge in [-0.25, -0.2) is 4.79 Å². The summed E-state index contributed by atoms with van der Waals surface area (Å²) in [5.74, 6) is 0.0787. The highest BCUT2D eigenvalue weighted by Gasteiger charge is 2.13. The molecule has 0 fully saturated rings. The standard InChI is InChI=1S/C14H16O5/c1-3-14(16)18-9-13(19-10-15)8-17-12-6-4-11(2)5-7-12/h3-7,10,13H,1,8-9H2,2H3. The summed E-state index contributed by atoms with van der Waals surface area (Å²) in [5.41, 5.74) is 1.12. The van der Waals surface area contributed by atoms with Crippen molar-refractivity contribution in [1.29, 1.82) is 0 Å². The first-order chi connectivity index (χ1) is 9.15. The molecule has 0 radical (unpaired) electrons. The molecular formula is C14H16O5. The van der Waals surface area contributed by atoms with Gasteiger partial charge in [0, 0.05) is 6.08 Å². The predicted molar refractivity (Wildman–Crippen MR) is 68.8 cm³/mol. The third-order valence-electron chi connectivity index (χ3n) is 2.28. The Morgan fingerprint density at radius 2 is 2.00 bits per heavy atom. The molecule has 102 valence electrons. The summed E-state index contributed by atoms with van der Waals surface area (Å²) in [6, 6.07) is 7.43. The lowest BCUT2D eigenvalue weighted by Crippen LogP contribution is -2.27. The SMILES string of the molecule is C=CC(=O)OCC(COc1ccc(C)cc1)OC=O. The first-order valence-electron chi connectivity index (χ1n) is 5.73. The molecule has 0 aliphatic rings. The molecule has 1 rings (SSSR count). The number of aryl methyl sites for hydroxylation is 1. The minimum Gasteiger partial charge on any atom is -0.490 e. The highest BCUT2D eigenvalue weighted by atomic mass is 16.6. The Balaban J connectivity index is 2.44. The van der Waals surface area contributed by atoms with E-state index < -0.39 is 12.1 Å². The van der Waals surface area contributed by atoms with Crippen LogP contribution in [0.15, 0.2) is 36.9 Å². The molecule has 0 aliphatic heterocycles. The first kappa shape index (κ1) is 14.8. The maximum atomic E-state index is 10.9. The van der Waals surface area contributed by atoms with E-state index in [1.165, 1.54) is 0 Å². The van der Waals surface area contributed by atoms with Gasteiger partial charge in [-0.15, -0.1) is 0 Å². The summed E-state index contributed by atoms with van der Waals surface area (Å²) >= 11 is 0. The lowest BCUT2D eigenvalue weighted by molar-refractivity contribution is -0.149. The molecule has 0 aliphatic carbocycles. The molecule has 0 N–H and O–H groups in total. The van der Waals surface area contributed by atoms with E-state index in [9.17, 15) is 9.59 Å². The third kappa shape index (κ3) is 5.72. The highest BCUT2D eigenvalue weighted by Crippen LogP contribution is 2.12. The molecule has 0 saturated carbocycles. The van der Waals surface area contributed by atoms with Crippen LogP contribution in [0, 0.1) is 6.92 Å². The monoisotopic (exact) mass is 264 g/mol. The Hall–Kier alpha value is -2.30. The number of carbonyl (C=O) groups excluding carboxylic acids is 2. The van der Waals surface area contributed by atoms with Crippen molar-refractivity contribution >= 4 is 12.4 Å². The fraction of sp³-hybridized carbons (Fsp3) is 0.286. The molecule has 1 atom stereocenters. The van der Waals surface area contributed by atoms with Gasteiger partial charge in [0.15, 0.2) is 6.10 Å². The second-order valence-corrected chi connectivity index (χ2v) is 3.81. The van der Waals surface area contributed by atoms with Crippen LogP contribution in [0.1, 0.15) is 5.56 Å². The van der Waals surface area contributed by atoms with Crippen molar-refractivity contribution in [3.8, 4) is 5.75 Å². The van der Waals surface area contributed by atoms with Gasteiger partial charge in [0.2, 0.25) is 0 Å². The molecule has 0 amide bonds. The molecule has 1 aromatic carbocycles. The Labute approximate surface area is 111 Å². The van der Waals surface area contributed by atoms with Gasteiger partial charge in [0.25, 0.3) is 6.47 Å². The molecule has 1 aromatic rings. The van der Waals surface area contributed by atoms with E-state index in [1.54, 1.807) is 0 Å². The minimum atomic E-state index is -0.650. The second-order valence-electron chi connectivity index (χ2n) is 3.81. The zero-order chi connectivity index (χ0) is 14.1. The Morgan fingerprint density at radius 3 is 2.58 bits per heavy atom. The molecule has 5 heteroatoms. The number of hydrogen-bond acceptors (Lipinski definition) is 5. The Bertz CT molecular complexity index is 424. The van der Waals surface area contributed by atoms with Gasteiger partial charge in [0.05, 0.1) is 0 Å². The Kier molecular flexibility index (Phi) is 6.15. The van der Waals surface area contributed by atoms with E-state index in [0.29, 0.717) is 12.2 Å². The molecule has 5 nitrogen and oxygen atoms in total. The molecule has 1 unspecified atom stereocenters. The molecular weight excluding hydrogens is 248 g/mol. The molecule has 0 bridgehead atoms. The van der Waals surface area contributed by atoms with Crippen molar-refractivity contribution < 1.29 is 23.8 Å². The number of hydrogen-bond donors (Lipinski definition) is 0. The van der Waals surface area contributed by atoms with Crippen LogP contribution in [-0.2, 0) is 19.1 Å². The normalized spacial score (nSPS) is 11.2. The van der Waals surface area contributed by atoms with Gasteiger partial charge >= 0.3 is 5.97 Å². The maximum absolute atomic E-state index is 10.9. The van der Waals surface area contributed by atoms with Gasteiger partial charge in [-0.05, 0) is 19.1 Å². The summed E-state index contributed by atoms with van der Waals surface area (Å²) in [7, 11) is 0. The third-order valence-corrected chi connectivity index (χ3v) is 2.28. The molecule has 0 heterocycles. The lowest BCUT2D eigenvalue weighted by atomic mass is 10.2. The zero-order valence-corrected chi connectivity index (χ0v) is 10.7. The quantitative estimate of drug-likeness (QED) is 0.406. The molecule has 0 aromatic heterocycles. The number of esters is 1. The fourth-order valence-electron chi connectivity index (χ4n) is 1.26. The van der Waals surface area contributed by atoms with Crippen LogP contribution in [-0.4, -0.2) is 31.8 Å². The largest absolute Gasteiger partial charge is 0.490 e. The van der Waals surface area contributed by atoms with Crippen LogP contribution in [0.4, 0.5) is 0 Å². The van der Waals surface area contributed by atoms with E-state index in [-0.39, 0.29) is 13.2 Å². The topological polar surface area (TPSA) is 61.8 Å². The maximum Gasteiger partial charge on any atom is 0.330 e. The van der Waals surface area contributed by atoms with E-state index in [1.807, 2.05) is 31.2 Å². The van der Waals surface area contributed by atoms with Gasteiger partial charge in [-0.3, -0.25) is 4.79 Å². The van der Waals surface area contributed by atoms with Crippen LogP contribution < -0.4 is 4.74 Å². The van der Waals surface area contributed by atoms with Crippen molar-refractivity contribution in [3.05, 3.63) is 42.5 Å². The summed E-state index contributed by atoms with van der Waals surface area (Å²) in [6.45, 7) is 5.57. The van der Waals surface area contributed by atoms with Crippen LogP contribution in [0.25, 0.3) is 0 Å². The number of carbonyl (C=O) groups is 2. The lowest BCUT2D eigenvalue weighted by Gasteiger charge is -2.15. The van der Waals surface area contributed by atoms with E-state index in [0.717, 1.165) is 11.6 Å². The minimum absolute atomic E-state index is 0.0740. The van der Waals surface area contributed by atoms with Crippen molar-refractivity contribution in [3.63, 3.8) is 0 Å². The van der Waals surface area contributed by atoms with Crippen molar-refractivity contribution in [2.24, 2.45) is 0 Å². The highest BCUT2D eigenvalue weighted by molar-refractivity contribution is 5.81. The fourth-order valence-corrected chi connectivity index (χ4v) is 1.26. The first-order valence-corrected chi connectivity index (χ1v) is 5.73. The van der Waals surface area contributed by atoms with Crippen LogP contribution in [0.3, 0.4) is 0 Å². The van der Waals surface area contributed by atoms with E-state index in [4.69, 9.17) is 14.2 Å². The van der Waals surface area contributed by atoms with Crippen LogP contribution in [0.5, 0.6) is 5.75 Å².